The van der Waals surface area contributed by atoms with Crippen molar-refractivity contribution in [3.8, 4) is 0 Å². The van der Waals surface area contributed by atoms with Gasteiger partial charge >= 0.3 is 87.9 Å². The number of hydrogen-bond donors (Lipinski definition) is 0. The van der Waals surface area contributed by atoms with E-state index < -0.39 is 0 Å². The molecule has 14 heavy (non-hydrogen) atoms. The Kier molecular flexibility index (Phi) is 1.73. The van der Waals surface area contributed by atoms with Crippen LogP contribution in [0.5, 0.6) is 0 Å². The zero-order valence-electron chi connectivity index (χ0n) is 7.82. The summed E-state index contributed by atoms with van der Waals surface area (Å²) in [6.45, 7) is 2.05. The second kappa shape index (κ2) is 2.94. The molecule has 0 bridgehead atoms. The van der Waals surface area contributed by atoms with E-state index in [2.05, 4.69) is 48.3 Å². The van der Waals surface area contributed by atoms with E-state index in [1.807, 2.05) is 0 Å². The van der Waals surface area contributed by atoms with Gasteiger partial charge in [0.2, 0.25) is 0 Å². The van der Waals surface area contributed by atoms with E-state index in [0.717, 1.165) is 5.69 Å². The monoisotopic (exact) mass is 247 g/mol. The Balaban J connectivity index is 2.57. The topological polar surface area (TPSA) is 12.9 Å². The van der Waals surface area contributed by atoms with Gasteiger partial charge < -0.3 is 0 Å². The number of aryl methyl sites for hydroxylation is 1. The summed E-state index contributed by atoms with van der Waals surface area (Å²) in [6, 6.07) is 12.9. The van der Waals surface area contributed by atoms with Gasteiger partial charge in [0.1, 0.15) is 0 Å². The molecular weight excluding hydrogens is 237 g/mol. The van der Waals surface area contributed by atoms with E-state index in [1.165, 1.54) is 19.4 Å². The molecule has 2 heterocycles. The van der Waals surface area contributed by atoms with Crippen molar-refractivity contribution in [1.82, 2.24) is 4.98 Å². The van der Waals surface area contributed by atoms with Gasteiger partial charge in [0.05, 0.1) is 0 Å². The second-order valence-electron chi connectivity index (χ2n) is 3.40. The summed E-state index contributed by atoms with van der Waals surface area (Å²) in [5.74, 6) is 0. The van der Waals surface area contributed by atoms with E-state index >= 15 is 0 Å². The third kappa shape index (κ3) is 1.12. The molecule has 0 aliphatic carbocycles. The van der Waals surface area contributed by atoms with Crippen LogP contribution in [-0.4, -0.2) is 19.5 Å². The van der Waals surface area contributed by atoms with Crippen LogP contribution in [0.15, 0.2) is 36.4 Å². The van der Waals surface area contributed by atoms with Crippen molar-refractivity contribution >= 4 is 33.9 Å². The van der Waals surface area contributed by atoms with E-state index in [1.54, 1.807) is 0 Å². The molecule has 0 saturated heterocycles. The second-order valence-corrected chi connectivity index (χ2v) is 5.57. The van der Waals surface area contributed by atoms with Crippen molar-refractivity contribution < 1.29 is 0 Å². The van der Waals surface area contributed by atoms with Crippen molar-refractivity contribution in [3.05, 3.63) is 42.1 Å². The number of fused-ring (bicyclic) bond motifs is 3. The zero-order valence-corrected chi connectivity index (χ0v) is 9.53. The van der Waals surface area contributed by atoms with Crippen molar-refractivity contribution in [2.45, 2.75) is 6.92 Å². The number of nitrogens with zero attached hydrogens (tertiary/aromatic N) is 1. The first-order valence-electron chi connectivity index (χ1n) is 4.59. The summed E-state index contributed by atoms with van der Waals surface area (Å²) < 4.78 is 2.76. The number of aromatic nitrogens is 1. The third-order valence-electron chi connectivity index (χ3n) is 2.38. The van der Waals surface area contributed by atoms with E-state index in [0.29, 0.717) is 14.5 Å². The molecule has 1 aromatic carbocycles. The van der Waals surface area contributed by atoms with Gasteiger partial charge in [-0.25, -0.2) is 0 Å². The van der Waals surface area contributed by atoms with Crippen molar-refractivity contribution in [1.29, 1.82) is 0 Å². The van der Waals surface area contributed by atoms with Crippen LogP contribution in [0.2, 0.25) is 0 Å². The van der Waals surface area contributed by atoms with E-state index in [-0.39, 0.29) is 0 Å². The quantitative estimate of drug-likeness (QED) is 0.556. The maximum atomic E-state index is 4.60. The number of pyridine rings is 1. The summed E-state index contributed by atoms with van der Waals surface area (Å²) in [5, 5.41) is 2.72. The minimum atomic E-state index is 0.415. The van der Waals surface area contributed by atoms with E-state index in [4.69, 9.17) is 0 Å². The van der Waals surface area contributed by atoms with Crippen LogP contribution in [0.4, 0.5) is 0 Å². The molecule has 3 aromatic rings. The average Bonchev–Trinajstić information content (AvgIpc) is 2.54. The number of rotatable bonds is 0. The average molecular weight is 246 g/mol. The predicted octanol–water partition coefficient (Wildman–Crippen LogP) is 2.75. The first-order chi connectivity index (χ1) is 6.84. The molecule has 0 atom stereocenters. The molecule has 0 N–H and O–H groups in total. The maximum absolute atomic E-state index is 4.60. The summed E-state index contributed by atoms with van der Waals surface area (Å²) >= 11 is 0.415. The first-order valence-corrected chi connectivity index (χ1v) is 6.31. The van der Waals surface area contributed by atoms with Gasteiger partial charge in [-0.3, -0.25) is 0 Å². The van der Waals surface area contributed by atoms with Crippen LogP contribution in [0, 0.1) is 6.92 Å². The molecule has 0 radical (unpaired) electrons. The van der Waals surface area contributed by atoms with Crippen LogP contribution in [-0.2, 0) is 0 Å². The fourth-order valence-corrected chi connectivity index (χ4v) is 4.05. The molecule has 3 rings (SSSR count). The van der Waals surface area contributed by atoms with Gasteiger partial charge in [0.15, 0.2) is 0 Å². The Morgan fingerprint density at radius 2 is 1.86 bits per heavy atom. The van der Waals surface area contributed by atoms with Crippen molar-refractivity contribution in [2.24, 2.45) is 0 Å². The number of hydrogen-bond acceptors (Lipinski definition) is 1. The summed E-state index contributed by atoms with van der Waals surface area (Å²) in [6.07, 6.45) is 0. The van der Waals surface area contributed by atoms with Gasteiger partial charge in [-0.05, 0) is 0 Å². The fraction of sp³-hybridized carbons (Fsp3) is 0.0833. The molecule has 68 valence electrons. The van der Waals surface area contributed by atoms with Gasteiger partial charge in [-0.1, -0.05) is 0 Å². The number of benzene rings is 1. The third-order valence-corrected chi connectivity index (χ3v) is 4.65. The van der Waals surface area contributed by atoms with Crippen LogP contribution in [0.3, 0.4) is 0 Å². The van der Waals surface area contributed by atoms with E-state index in [9.17, 15) is 0 Å². The Morgan fingerprint density at radius 1 is 1.00 bits per heavy atom. The SMILES string of the molecule is Cc1ccc2c(n1)[se]c1ccccc12. The van der Waals surface area contributed by atoms with Gasteiger partial charge in [0.25, 0.3) is 0 Å². The van der Waals surface area contributed by atoms with Crippen LogP contribution in [0.25, 0.3) is 19.4 Å². The molecule has 0 unspecified atom stereocenters. The Bertz CT molecular complexity index is 610. The summed E-state index contributed by atoms with van der Waals surface area (Å²) in [4.78, 5) is 4.60. The fourth-order valence-electron chi connectivity index (χ4n) is 1.70. The normalized spacial score (nSPS) is 11.2. The first kappa shape index (κ1) is 8.22. The van der Waals surface area contributed by atoms with Gasteiger partial charge in [0, 0.05) is 0 Å². The van der Waals surface area contributed by atoms with Crippen LogP contribution >= 0.6 is 0 Å². The molecular formula is C12H9NSe. The molecule has 0 spiro atoms. The molecule has 0 fully saturated rings. The summed E-state index contributed by atoms with van der Waals surface area (Å²) in [7, 11) is 0. The molecule has 2 heteroatoms. The molecule has 0 saturated carbocycles. The van der Waals surface area contributed by atoms with Crippen LogP contribution < -0.4 is 0 Å². The Hall–Kier alpha value is -1.11. The molecule has 2 aromatic heterocycles. The van der Waals surface area contributed by atoms with Gasteiger partial charge in [-0.2, -0.15) is 0 Å². The predicted molar refractivity (Wildman–Crippen MR) is 60.9 cm³/mol. The van der Waals surface area contributed by atoms with Gasteiger partial charge in [-0.15, -0.1) is 0 Å². The Morgan fingerprint density at radius 3 is 2.79 bits per heavy atom. The molecule has 1 nitrogen and oxygen atoms in total. The molecule has 0 amide bonds. The summed E-state index contributed by atoms with van der Waals surface area (Å²) in [5.41, 5.74) is 1.12. The minimum absolute atomic E-state index is 0.415. The van der Waals surface area contributed by atoms with Crippen LogP contribution in [0.1, 0.15) is 5.69 Å². The van der Waals surface area contributed by atoms with Crippen molar-refractivity contribution in [3.63, 3.8) is 0 Å². The van der Waals surface area contributed by atoms with Crippen molar-refractivity contribution in [2.75, 3.05) is 0 Å². The Labute approximate surface area is 88.1 Å². The standard InChI is InChI=1S/C12H9NSe/c1-8-6-7-10-9-4-2-3-5-11(9)14-12(10)13-8/h2-7H,1H3. The molecule has 0 aliphatic rings. The molecule has 0 aliphatic heterocycles. The zero-order chi connectivity index (χ0) is 9.54.